The van der Waals surface area contributed by atoms with Crippen LogP contribution >= 0.6 is 0 Å². The second-order valence-corrected chi connectivity index (χ2v) is 6.15. The lowest BCUT2D eigenvalue weighted by Gasteiger charge is -2.06. The number of carbonyl (C=O) groups is 2. The van der Waals surface area contributed by atoms with Gasteiger partial charge in [0.05, 0.1) is 0 Å². The molecule has 0 saturated heterocycles. The highest BCUT2D eigenvalue weighted by Crippen LogP contribution is 2.26. The molecule has 2 N–H and O–H groups in total. The smallest absolute Gasteiger partial charge is 0.311 e. The normalized spacial score (nSPS) is 10.4. The molecule has 0 aliphatic rings. The van der Waals surface area contributed by atoms with Crippen molar-refractivity contribution in [1.29, 1.82) is 0 Å². The van der Waals surface area contributed by atoms with E-state index < -0.39 is 0 Å². The first-order valence-electron chi connectivity index (χ1n) is 9.03. The highest BCUT2D eigenvalue weighted by molar-refractivity contribution is 5.73. The van der Waals surface area contributed by atoms with Gasteiger partial charge in [0.15, 0.2) is 23.0 Å². The Bertz CT molecular complexity index is 692. The van der Waals surface area contributed by atoms with Gasteiger partial charge in [-0.15, -0.1) is 0 Å². The number of unbranched alkanes of at least 4 members (excludes halogenated alkanes) is 4. The fourth-order valence-electron chi connectivity index (χ4n) is 2.50. The minimum Gasteiger partial charge on any atom is -0.504 e. The Labute approximate surface area is 158 Å². The van der Waals surface area contributed by atoms with Crippen molar-refractivity contribution in [2.75, 3.05) is 0 Å². The lowest BCUT2D eigenvalue weighted by molar-refractivity contribution is -0.135. The summed E-state index contributed by atoms with van der Waals surface area (Å²) in [6.07, 6.45) is 4.54. The number of aromatic hydroxyl groups is 2. The molecule has 0 aliphatic heterocycles. The predicted octanol–water partition coefficient (Wildman–Crippen LogP) is 4.34. The quantitative estimate of drug-likeness (QED) is 0.366. The lowest BCUT2D eigenvalue weighted by atomic mass is 10.1. The molecule has 2 aromatic carbocycles. The topological polar surface area (TPSA) is 93.1 Å². The number of esters is 2. The lowest BCUT2D eigenvalue weighted by Crippen LogP contribution is -2.08. The third-order valence-corrected chi connectivity index (χ3v) is 3.94. The van der Waals surface area contributed by atoms with Crippen LogP contribution in [0.5, 0.6) is 23.0 Å². The van der Waals surface area contributed by atoms with Crippen molar-refractivity contribution < 1.29 is 29.3 Å². The number of para-hydroxylation sites is 4. The van der Waals surface area contributed by atoms with E-state index in [0.29, 0.717) is 12.8 Å². The molecule has 6 heteroatoms. The molecule has 0 spiro atoms. The fourth-order valence-corrected chi connectivity index (χ4v) is 2.50. The fraction of sp³-hybridized carbons (Fsp3) is 0.333. The molecule has 0 atom stereocenters. The Kier molecular flexibility index (Phi) is 8.16. The summed E-state index contributed by atoms with van der Waals surface area (Å²) in [5, 5.41) is 19.1. The number of phenolic OH excluding ortho intramolecular Hbond substituents is 2. The van der Waals surface area contributed by atoms with Gasteiger partial charge < -0.3 is 19.7 Å². The van der Waals surface area contributed by atoms with Gasteiger partial charge in [-0.25, -0.2) is 0 Å². The van der Waals surface area contributed by atoms with Gasteiger partial charge in [0.1, 0.15) is 0 Å². The van der Waals surface area contributed by atoms with Crippen molar-refractivity contribution in [2.45, 2.75) is 44.9 Å². The molecule has 0 aliphatic carbocycles. The van der Waals surface area contributed by atoms with Gasteiger partial charge in [-0.1, -0.05) is 43.5 Å². The number of hydrogen-bond donors (Lipinski definition) is 2. The van der Waals surface area contributed by atoms with Crippen molar-refractivity contribution in [1.82, 2.24) is 0 Å². The van der Waals surface area contributed by atoms with Crippen molar-refractivity contribution in [3.63, 3.8) is 0 Å². The summed E-state index contributed by atoms with van der Waals surface area (Å²) >= 11 is 0. The minimum absolute atomic E-state index is 0.0541. The Balaban J connectivity index is 1.52. The van der Waals surface area contributed by atoms with E-state index in [9.17, 15) is 19.8 Å². The molecule has 0 heterocycles. The van der Waals surface area contributed by atoms with Crippen molar-refractivity contribution in [3.05, 3.63) is 48.5 Å². The Morgan fingerprint density at radius 1 is 0.630 bits per heavy atom. The molecule has 6 nitrogen and oxygen atoms in total. The average Bonchev–Trinajstić information content (AvgIpc) is 2.65. The number of hydrogen-bond acceptors (Lipinski definition) is 6. The first kappa shape index (κ1) is 20.3. The maximum Gasteiger partial charge on any atom is 0.311 e. The molecule has 0 unspecified atom stereocenters. The van der Waals surface area contributed by atoms with Crippen LogP contribution < -0.4 is 9.47 Å². The van der Waals surface area contributed by atoms with Crippen LogP contribution in [0.2, 0.25) is 0 Å². The van der Waals surface area contributed by atoms with E-state index >= 15 is 0 Å². The summed E-state index contributed by atoms with van der Waals surface area (Å²) in [6.45, 7) is 0. The Morgan fingerprint density at radius 3 is 1.41 bits per heavy atom. The monoisotopic (exact) mass is 372 g/mol. The van der Waals surface area contributed by atoms with Crippen LogP contribution in [0.15, 0.2) is 48.5 Å². The number of ether oxygens (including phenoxy) is 2. The largest absolute Gasteiger partial charge is 0.504 e. The Hall–Kier alpha value is -3.02. The predicted molar refractivity (Wildman–Crippen MR) is 99.8 cm³/mol. The molecule has 2 rings (SSSR count). The summed E-state index contributed by atoms with van der Waals surface area (Å²) in [7, 11) is 0. The van der Waals surface area contributed by atoms with Crippen LogP contribution in [0.3, 0.4) is 0 Å². The van der Waals surface area contributed by atoms with E-state index in [-0.39, 0.29) is 47.8 Å². The Morgan fingerprint density at radius 2 is 1.00 bits per heavy atom. The van der Waals surface area contributed by atoms with E-state index in [1.54, 1.807) is 36.4 Å². The van der Waals surface area contributed by atoms with E-state index in [0.717, 1.165) is 19.3 Å². The SMILES string of the molecule is O=C(CCCCCCCC(=O)Oc1ccccc1O)Oc1ccccc1O. The molecular formula is C21H24O6. The molecule has 0 radical (unpaired) electrons. The molecule has 0 saturated carbocycles. The zero-order valence-electron chi connectivity index (χ0n) is 15.1. The highest BCUT2D eigenvalue weighted by atomic mass is 16.5. The summed E-state index contributed by atoms with van der Waals surface area (Å²) in [4.78, 5) is 23.5. The second kappa shape index (κ2) is 10.9. The van der Waals surface area contributed by atoms with Gasteiger partial charge in [-0.05, 0) is 37.1 Å². The van der Waals surface area contributed by atoms with Gasteiger partial charge in [-0.3, -0.25) is 9.59 Å². The molecule has 0 amide bonds. The van der Waals surface area contributed by atoms with Crippen LogP contribution in [0.1, 0.15) is 44.9 Å². The van der Waals surface area contributed by atoms with E-state index in [4.69, 9.17) is 9.47 Å². The third-order valence-electron chi connectivity index (χ3n) is 3.94. The van der Waals surface area contributed by atoms with Crippen LogP contribution in [0, 0.1) is 0 Å². The van der Waals surface area contributed by atoms with E-state index in [1.165, 1.54) is 12.1 Å². The molecule has 27 heavy (non-hydrogen) atoms. The summed E-state index contributed by atoms with van der Waals surface area (Å²) in [5.41, 5.74) is 0. The number of rotatable bonds is 10. The number of phenols is 2. The van der Waals surface area contributed by atoms with Crippen LogP contribution in [-0.2, 0) is 9.59 Å². The molecule has 0 bridgehead atoms. The maximum absolute atomic E-state index is 11.7. The van der Waals surface area contributed by atoms with Gasteiger partial charge in [-0.2, -0.15) is 0 Å². The van der Waals surface area contributed by atoms with Crippen molar-refractivity contribution >= 4 is 11.9 Å². The van der Waals surface area contributed by atoms with Gasteiger partial charge >= 0.3 is 11.9 Å². The van der Waals surface area contributed by atoms with Gasteiger partial charge in [0.25, 0.3) is 0 Å². The summed E-state index contributed by atoms with van der Waals surface area (Å²) < 4.78 is 10.2. The standard InChI is InChI=1S/C21H24O6/c22-16-10-6-8-12-18(16)26-20(24)14-4-2-1-3-5-15-21(25)27-19-13-9-7-11-17(19)23/h6-13,22-23H,1-5,14-15H2. The zero-order chi connectivity index (χ0) is 19.5. The third kappa shape index (κ3) is 7.40. The first-order chi connectivity index (χ1) is 13.1. The van der Waals surface area contributed by atoms with Crippen LogP contribution in [0.25, 0.3) is 0 Å². The average molecular weight is 372 g/mol. The van der Waals surface area contributed by atoms with Gasteiger partial charge in [0, 0.05) is 12.8 Å². The number of benzene rings is 2. The molecule has 0 aromatic heterocycles. The molecular weight excluding hydrogens is 348 g/mol. The number of carbonyl (C=O) groups excluding carboxylic acids is 2. The molecule has 144 valence electrons. The van der Waals surface area contributed by atoms with Crippen LogP contribution in [-0.4, -0.2) is 22.2 Å². The van der Waals surface area contributed by atoms with E-state index in [2.05, 4.69) is 0 Å². The summed E-state index contributed by atoms with van der Waals surface area (Å²) in [5.74, 6) is -0.510. The second-order valence-electron chi connectivity index (χ2n) is 6.15. The van der Waals surface area contributed by atoms with Crippen molar-refractivity contribution in [3.8, 4) is 23.0 Å². The van der Waals surface area contributed by atoms with Crippen molar-refractivity contribution in [2.24, 2.45) is 0 Å². The molecule has 0 fully saturated rings. The first-order valence-corrected chi connectivity index (χ1v) is 9.03. The van der Waals surface area contributed by atoms with Gasteiger partial charge in [0.2, 0.25) is 0 Å². The summed E-state index contributed by atoms with van der Waals surface area (Å²) in [6, 6.07) is 12.7. The maximum atomic E-state index is 11.7. The van der Waals surface area contributed by atoms with Crippen LogP contribution in [0.4, 0.5) is 0 Å². The zero-order valence-corrected chi connectivity index (χ0v) is 15.1. The minimum atomic E-state index is -0.372. The van der Waals surface area contributed by atoms with E-state index in [1.807, 2.05) is 0 Å². The highest BCUT2D eigenvalue weighted by Gasteiger charge is 2.09. The molecule has 2 aromatic rings.